The molecule has 2 heterocycles. The van der Waals surface area contributed by atoms with Crippen LogP contribution in [0.3, 0.4) is 0 Å². The Kier molecular flexibility index (Phi) is 6.96. The van der Waals surface area contributed by atoms with E-state index in [4.69, 9.17) is 0 Å². The number of nitro groups is 1. The highest BCUT2D eigenvalue weighted by molar-refractivity contribution is 7.98. The maximum Gasteiger partial charge on any atom is 0.269 e. The molecule has 0 unspecified atom stereocenters. The summed E-state index contributed by atoms with van der Waals surface area (Å²) in [6.45, 7) is 2.56. The summed E-state index contributed by atoms with van der Waals surface area (Å²) in [6.07, 6.45) is 3.84. The molecule has 29 heavy (non-hydrogen) atoms. The summed E-state index contributed by atoms with van der Waals surface area (Å²) < 4.78 is 0. The zero-order valence-electron chi connectivity index (χ0n) is 15.9. The van der Waals surface area contributed by atoms with E-state index in [-0.39, 0.29) is 11.2 Å². The molecule has 1 aromatic carbocycles. The molecular formula is C20H21N5O3S. The lowest BCUT2D eigenvalue weighted by Gasteiger charge is -2.07. The number of aromatic nitrogens is 3. The first-order valence-corrected chi connectivity index (χ1v) is 10.2. The van der Waals surface area contributed by atoms with Crippen LogP contribution in [0.2, 0.25) is 0 Å². The van der Waals surface area contributed by atoms with Crippen LogP contribution in [0.1, 0.15) is 22.4 Å². The van der Waals surface area contributed by atoms with Crippen LogP contribution in [-0.2, 0) is 12.2 Å². The van der Waals surface area contributed by atoms with Gasteiger partial charge in [0.2, 0.25) is 5.95 Å². The van der Waals surface area contributed by atoms with E-state index in [0.29, 0.717) is 24.5 Å². The number of anilines is 1. The second-order valence-electron chi connectivity index (χ2n) is 6.47. The van der Waals surface area contributed by atoms with Crippen LogP contribution in [0.4, 0.5) is 11.6 Å². The molecule has 0 spiro atoms. The monoisotopic (exact) mass is 411 g/mol. The third-order valence-electron chi connectivity index (χ3n) is 4.19. The number of hydrogen-bond donors (Lipinski definition) is 2. The second-order valence-corrected chi connectivity index (χ2v) is 7.58. The summed E-state index contributed by atoms with van der Waals surface area (Å²) in [7, 11) is 0. The lowest BCUT2D eigenvalue weighted by Crippen LogP contribution is -2.18. The Labute approximate surface area is 172 Å². The van der Waals surface area contributed by atoms with Crippen molar-refractivity contribution in [3.63, 3.8) is 0 Å². The van der Waals surface area contributed by atoms with Crippen molar-refractivity contribution < 1.29 is 4.92 Å². The highest BCUT2D eigenvalue weighted by atomic mass is 32.2. The van der Waals surface area contributed by atoms with Gasteiger partial charge < -0.3 is 5.32 Å². The Morgan fingerprint density at radius 3 is 2.52 bits per heavy atom. The smallest absolute Gasteiger partial charge is 0.269 e. The fourth-order valence-corrected chi connectivity index (χ4v) is 3.42. The standard InChI is InChI=1S/C20H21N5O3S/c1-14-2-3-16(11-22-14)10-17-12-23-20(24-19(17)26)21-8-9-29-13-15-4-6-18(7-5-15)25(27)28/h2-7,11-12H,8-10,13H2,1H3,(H2,21,23,24,26). The number of rotatable bonds is 9. The van der Waals surface area contributed by atoms with E-state index in [0.717, 1.165) is 28.3 Å². The van der Waals surface area contributed by atoms with Gasteiger partial charge in [0, 0.05) is 60.3 Å². The molecule has 0 saturated heterocycles. The van der Waals surface area contributed by atoms with Crippen molar-refractivity contribution >= 4 is 23.4 Å². The van der Waals surface area contributed by atoms with E-state index in [9.17, 15) is 14.9 Å². The van der Waals surface area contributed by atoms with Gasteiger partial charge in [-0.15, -0.1) is 0 Å². The largest absolute Gasteiger partial charge is 0.355 e. The SMILES string of the molecule is Cc1ccc(Cc2cnc(NCCSCc3ccc([N+](=O)[O-])cc3)[nH]c2=O)cn1. The number of aryl methyl sites for hydroxylation is 1. The molecule has 150 valence electrons. The van der Waals surface area contributed by atoms with Crippen molar-refractivity contribution in [2.75, 3.05) is 17.6 Å². The van der Waals surface area contributed by atoms with Crippen molar-refractivity contribution in [2.24, 2.45) is 0 Å². The molecule has 0 saturated carbocycles. The average molecular weight is 411 g/mol. The Balaban J connectivity index is 1.43. The van der Waals surface area contributed by atoms with Crippen molar-refractivity contribution in [2.45, 2.75) is 19.1 Å². The van der Waals surface area contributed by atoms with Crippen LogP contribution in [0.25, 0.3) is 0 Å². The molecule has 0 atom stereocenters. The van der Waals surface area contributed by atoms with Crippen LogP contribution < -0.4 is 10.9 Å². The number of H-pyrrole nitrogens is 1. The molecule has 8 nitrogen and oxygen atoms in total. The zero-order chi connectivity index (χ0) is 20.6. The van der Waals surface area contributed by atoms with E-state index in [1.54, 1.807) is 36.3 Å². The summed E-state index contributed by atoms with van der Waals surface area (Å²) in [5, 5.41) is 13.8. The fraction of sp³-hybridized carbons (Fsp3) is 0.250. The average Bonchev–Trinajstić information content (AvgIpc) is 2.71. The molecule has 2 N–H and O–H groups in total. The van der Waals surface area contributed by atoms with Gasteiger partial charge in [-0.2, -0.15) is 11.8 Å². The first-order valence-electron chi connectivity index (χ1n) is 9.06. The van der Waals surface area contributed by atoms with Crippen LogP contribution in [0.5, 0.6) is 0 Å². The summed E-state index contributed by atoms with van der Waals surface area (Å²) in [5.74, 6) is 2.00. The van der Waals surface area contributed by atoms with Gasteiger partial charge in [0.05, 0.1) is 4.92 Å². The zero-order valence-corrected chi connectivity index (χ0v) is 16.7. The minimum Gasteiger partial charge on any atom is -0.355 e. The highest BCUT2D eigenvalue weighted by Crippen LogP contribution is 2.16. The van der Waals surface area contributed by atoms with Gasteiger partial charge in [-0.25, -0.2) is 4.98 Å². The van der Waals surface area contributed by atoms with E-state index < -0.39 is 4.92 Å². The molecule has 0 bridgehead atoms. The highest BCUT2D eigenvalue weighted by Gasteiger charge is 2.06. The van der Waals surface area contributed by atoms with Crippen LogP contribution in [-0.4, -0.2) is 32.2 Å². The van der Waals surface area contributed by atoms with Crippen LogP contribution in [0, 0.1) is 17.0 Å². The normalized spacial score (nSPS) is 10.7. The Hall–Kier alpha value is -3.20. The summed E-state index contributed by atoms with van der Waals surface area (Å²) in [5.41, 5.74) is 3.45. The van der Waals surface area contributed by atoms with Crippen molar-refractivity contribution in [1.82, 2.24) is 15.0 Å². The molecule has 0 fully saturated rings. The Morgan fingerprint density at radius 1 is 1.10 bits per heavy atom. The second kappa shape index (κ2) is 9.83. The van der Waals surface area contributed by atoms with Gasteiger partial charge in [0.15, 0.2) is 0 Å². The maximum atomic E-state index is 12.3. The molecule has 0 amide bonds. The number of pyridine rings is 1. The van der Waals surface area contributed by atoms with Gasteiger partial charge in [-0.3, -0.25) is 24.9 Å². The van der Waals surface area contributed by atoms with Crippen molar-refractivity contribution in [3.8, 4) is 0 Å². The molecule has 0 aliphatic rings. The third kappa shape index (κ3) is 6.15. The number of hydrogen-bond acceptors (Lipinski definition) is 7. The number of nitrogens with zero attached hydrogens (tertiary/aromatic N) is 3. The lowest BCUT2D eigenvalue weighted by atomic mass is 10.1. The molecule has 2 aromatic heterocycles. The van der Waals surface area contributed by atoms with E-state index in [1.165, 1.54) is 12.1 Å². The number of benzene rings is 1. The van der Waals surface area contributed by atoms with Gasteiger partial charge in [-0.1, -0.05) is 18.2 Å². The molecule has 0 radical (unpaired) electrons. The third-order valence-corrected chi connectivity index (χ3v) is 5.23. The van der Waals surface area contributed by atoms with E-state index in [1.807, 2.05) is 19.1 Å². The van der Waals surface area contributed by atoms with Crippen LogP contribution in [0.15, 0.2) is 53.6 Å². The first kappa shape index (κ1) is 20.5. The Morgan fingerprint density at radius 2 is 1.86 bits per heavy atom. The number of thioether (sulfide) groups is 1. The Bertz CT molecular complexity index is 1020. The number of nitro benzene ring substituents is 1. The maximum absolute atomic E-state index is 12.3. The minimum atomic E-state index is -0.405. The molecule has 9 heteroatoms. The molecule has 3 rings (SSSR count). The van der Waals surface area contributed by atoms with Crippen LogP contribution >= 0.6 is 11.8 Å². The quantitative estimate of drug-likeness (QED) is 0.315. The van der Waals surface area contributed by atoms with Crippen molar-refractivity contribution in [3.05, 3.63) is 91.6 Å². The fourth-order valence-electron chi connectivity index (χ4n) is 2.61. The topological polar surface area (TPSA) is 114 Å². The molecule has 3 aromatic rings. The predicted molar refractivity (Wildman–Crippen MR) is 114 cm³/mol. The molecule has 0 aliphatic heterocycles. The number of non-ortho nitro benzene ring substituents is 1. The molecular weight excluding hydrogens is 390 g/mol. The van der Waals surface area contributed by atoms with E-state index in [2.05, 4.69) is 20.3 Å². The number of aromatic amines is 1. The first-order chi connectivity index (χ1) is 14.0. The molecule has 0 aliphatic carbocycles. The minimum absolute atomic E-state index is 0.0949. The van der Waals surface area contributed by atoms with Crippen molar-refractivity contribution in [1.29, 1.82) is 0 Å². The van der Waals surface area contributed by atoms with Gasteiger partial charge in [0.1, 0.15) is 0 Å². The van der Waals surface area contributed by atoms with E-state index >= 15 is 0 Å². The van der Waals surface area contributed by atoms with Gasteiger partial charge in [-0.05, 0) is 24.1 Å². The van der Waals surface area contributed by atoms with Gasteiger partial charge in [0.25, 0.3) is 11.2 Å². The van der Waals surface area contributed by atoms with Gasteiger partial charge >= 0.3 is 0 Å². The predicted octanol–water partition coefficient (Wildman–Crippen LogP) is 3.32. The summed E-state index contributed by atoms with van der Waals surface area (Å²) >= 11 is 1.69. The summed E-state index contributed by atoms with van der Waals surface area (Å²) in [6, 6.07) is 10.4. The number of nitrogens with one attached hydrogen (secondary N) is 2. The lowest BCUT2D eigenvalue weighted by molar-refractivity contribution is -0.384. The summed E-state index contributed by atoms with van der Waals surface area (Å²) in [4.78, 5) is 33.8.